The van der Waals surface area contributed by atoms with Gasteiger partial charge in [-0.15, -0.1) is 10.2 Å². The molecule has 8 nitrogen and oxygen atoms in total. The number of hydrogen-bond donors (Lipinski definition) is 0. The van der Waals surface area contributed by atoms with Gasteiger partial charge in [0.25, 0.3) is 5.91 Å². The van der Waals surface area contributed by atoms with E-state index in [1.165, 1.54) is 0 Å². The molecule has 2 heterocycles. The van der Waals surface area contributed by atoms with Crippen LogP contribution in [0.3, 0.4) is 0 Å². The Hall–Kier alpha value is -3.81. The lowest BCUT2D eigenvalue weighted by Gasteiger charge is -2.35. The van der Waals surface area contributed by atoms with E-state index in [-0.39, 0.29) is 5.91 Å². The lowest BCUT2D eigenvalue weighted by atomic mass is 10.1. The second-order valence-electron chi connectivity index (χ2n) is 7.33. The Labute approximate surface area is 187 Å². The molecule has 1 aromatic heterocycles. The van der Waals surface area contributed by atoms with E-state index in [0.717, 1.165) is 22.8 Å². The van der Waals surface area contributed by atoms with Crippen molar-refractivity contribution in [2.75, 3.05) is 52.4 Å². The van der Waals surface area contributed by atoms with Gasteiger partial charge in [0.1, 0.15) is 5.75 Å². The zero-order chi connectivity index (χ0) is 22.5. The highest BCUT2D eigenvalue weighted by Gasteiger charge is 2.26. The van der Waals surface area contributed by atoms with E-state index in [2.05, 4.69) is 15.1 Å². The first kappa shape index (κ1) is 21.4. The molecule has 0 aliphatic carbocycles. The third-order valence-corrected chi connectivity index (χ3v) is 5.56. The number of rotatable bonds is 6. The lowest BCUT2D eigenvalue weighted by Crippen LogP contribution is -2.49. The van der Waals surface area contributed by atoms with Crippen molar-refractivity contribution in [3.8, 4) is 28.5 Å². The summed E-state index contributed by atoms with van der Waals surface area (Å²) in [6, 6.07) is 17.0. The number of benzene rings is 2. The molecule has 1 aliphatic rings. The van der Waals surface area contributed by atoms with E-state index in [0.29, 0.717) is 43.2 Å². The zero-order valence-electron chi connectivity index (χ0n) is 18.4. The summed E-state index contributed by atoms with van der Waals surface area (Å²) >= 11 is 0. The normalized spacial score (nSPS) is 13.6. The number of nitrogens with zero attached hydrogens (tertiary/aromatic N) is 4. The Bertz CT molecular complexity index is 1060. The highest BCUT2D eigenvalue weighted by molar-refractivity contribution is 5.98. The fourth-order valence-corrected chi connectivity index (χ4v) is 3.77. The molecule has 0 radical (unpaired) electrons. The van der Waals surface area contributed by atoms with Crippen molar-refractivity contribution in [3.63, 3.8) is 0 Å². The number of amides is 1. The van der Waals surface area contributed by atoms with Crippen molar-refractivity contribution >= 4 is 11.7 Å². The number of hydrogen-bond acceptors (Lipinski definition) is 7. The molecule has 3 aromatic rings. The van der Waals surface area contributed by atoms with Gasteiger partial charge in [-0.2, -0.15) is 0 Å². The summed E-state index contributed by atoms with van der Waals surface area (Å²) in [6.45, 7) is 2.52. The molecule has 1 saturated heterocycles. The van der Waals surface area contributed by atoms with E-state index in [1.807, 2.05) is 41.3 Å². The van der Waals surface area contributed by atoms with Crippen LogP contribution < -0.4 is 19.1 Å². The molecule has 0 spiro atoms. The van der Waals surface area contributed by atoms with Crippen LogP contribution in [0.1, 0.15) is 10.4 Å². The maximum atomic E-state index is 13.1. The fourth-order valence-electron chi connectivity index (χ4n) is 3.77. The minimum absolute atomic E-state index is 0.0682. The van der Waals surface area contributed by atoms with E-state index >= 15 is 0 Å². The van der Waals surface area contributed by atoms with Crippen LogP contribution in [0, 0.1) is 0 Å². The van der Waals surface area contributed by atoms with Gasteiger partial charge in [-0.25, -0.2) is 0 Å². The topological polar surface area (TPSA) is 77.0 Å². The molecule has 1 aliphatic heterocycles. The standard InChI is InChI=1S/C24H26N4O4/c1-30-18-9-7-17(8-10-18)20-11-12-22(26-25-20)27-13-15-28(16-14-27)24(29)19-5-4-6-21(31-2)23(19)32-3/h4-12H,13-16H2,1-3H3. The van der Waals surface area contributed by atoms with Crippen LogP contribution in [0.2, 0.25) is 0 Å². The van der Waals surface area contributed by atoms with Crippen molar-refractivity contribution in [1.29, 1.82) is 0 Å². The van der Waals surface area contributed by atoms with Gasteiger partial charge in [-0.05, 0) is 48.5 Å². The molecule has 1 amide bonds. The maximum absolute atomic E-state index is 13.1. The summed E-state index contributed by atoms with van der Waals surface area (Å²) in [5.41, 5.74) is 2.28. The van der Waals surface area contributed by atoms with Crippen molar-refractivity contribution in [2.45, 2.75) is 0 Å². The van der Waals surface area contributed by atoms with Crippen molar-refractivity contribution in [3.05, 3.63) is 60.2 Å². The molecule has 0 saturated carbocycles. The van der Waals surface area contributed by atoms with Gasteiger partial charge < -0.3 is 24.0 Å². The molecular weight excluding hydrogens is 408 g/mol. The highest BCUT2D eigenvalue weighted by Crippen LogP contribution is 2.32. The largest absolute Gasteiger partial charge is 0.497 e. The van der Waals surface area contributed by atoms with Gasteiger partial charge in [-0.3, -0.25) is 4.79 Å². The first-order chi connectivity index (χ1) is 15.6. The summed E-state index contributed by atoms with van der Waals surface area (Å²) in [5.74, 6) is 2.54. The molecule has 1 fully saturated rings. The summed E-state index contributed by atoms with van der Waals surface area (Å²) in [7, 11) is 4.75. The summed E-state index contributed by atoms with van der Waals surface area (Å²) in [6.07, 6.45) is 0. The Kier molecular flexibility index (Phi) is 6.39. The van der Waals surface area contributed by atoms with Gasteiger partial charge in [0.05, 0.1) is 32.6 Å². The SMILES string of the molecule is COc1ccc(-c2ccc(N3CCN(C(=O)c4cccc(OC)c4OC)CC3)nn2)cc1. The number of anilines is 1. The van der Waals surface area contributed by atoms with E-state index in [9.17, 15) is 4.79 Å². The molecule has 0 unspecified atom stereocenters. The van der Waals surface area contributed by atoms with Crippen LogP contribution in [0.4, 0.5) is 5.82 Å². The Morgan fingerprint density at radius 3 is 2.16 bits per heavy atom. The Balaban J connectivity index is 1.41. The van der Waals surface area contributed by atoms with E-state index in [1.54, 1.807) is 39.5 Å². The van der Waals surface area contributed by atoms with E-state index < -0.39 is 0 Å². The number of methoxy groups -OCH3 is 3. The number of ether oxygens (including phenoxy) is 3. The molecule has 32 heavy (non-hydrogen) atoms. The van der Waals surface area contributed by atoms with Crippen molar-refractivity contribution < 1.29 is 19.0 Å². The van der Waals surface area contributed by atoms with Crippen LogP contribution in [0.5, 0.6) is 17.2 Å². The Morgan fingerprint density at radius 2 is 1.56 bits per heavy atom. The quantitative estimate of drug-likeness (QED) is 0.590. The minimum atomic E-state index is -0.0682. The number of aromatic nitrogens is 2. The molecule has 0 N–H and O–H groups in total. The second-order valence-corrected chi connectivity index (χ2v) is 7.33. The van der Waals surface area contributed by atoms with Crippen LogP contribution in [0.15, 0.2) is 54.6 Å². The zero-order valence-corrected chi connectivity index (χ0v) is 18.4. The van der Waals surface area contributed by atoms with Crippen molar-refractivity contribution in [1.82, 2.24) is 15.1 Å². The second kappa shape index (κ2) is 9.55. The molecule has 8 heteroatoms. The first-order valence-electron chi connectivity index (χ1n) is 10.4. The molecule has 0 bridgehead atoms. The van der Waals surface area contributed by atoms with Crippen LogP contribution >= 0.6 is 0 Å². The Morgan fingerprint density at radius 1 is 0.812 bits per heavy atom. The van der Waals surface area contributed by atoms with Gasteiger partial charge >= 0.3 is 0 Å². The summed E-state index contributed by atoms with van der Waals surface area (Å²) < 4.78 is 15.9. The average molecular weight is 434 g/mol. The predicted molar refractivity (Wildman–Crippen MR) is 122 cm³/mol. The minimum Gasteiger partial charge on any atom is -0.497 e. The third-order valence-electron chi connectivity index (χ3n) is 5.56. The molecule has 166 valence electrons. The average Bonchev–Trinajstić information content (AvgIpc) is 2.88. The summed E-state index contributed by atoms with van der Waals surface area (Å²) in [4.78, 5) is 17.0. The summed E-state index contributed by atoms with van der Waals surface area (Å²) in [5, 5.41) is 8.78. The van der Waals surface area contributed by atoms with Crippen LogP contribution in [-0.2, 0) is 0 Å². The number of carbonyl (C=O) groups is 1. The van der Waals surface area contributed by atoms with Crippen molar-refractivity contribution in [2.24, 2.45) is 0 Å². The van der Waals surface area contributed by atoms with Gasteiger partial charge in [-0.1, -0.05) is 6.07 Å². The van der Waals surface area contributed by atoms with Crippen LogP contribution in [-0.4, -0.2) is 68.5 Å². The van der Waals surface area contributed by atoms with Gasteiger partial charge in [0, 0.05) is 31.7 Å². The molecule has 4 rings (SSSR count). The number of piperazine rings is 1. The smallest absolute Gasteiger partial charge is 0.257 e. The third kappa shape index (κ3) is 4.30. The van der Waals surface area contributed by atoms with E-state index in [4.69, 9.17) is 14.2 Å². The predicted octanol–water partition coefficient (Wildman–Crippen LogP) is 3.13. The number of carbonyl (C=O) groups excluding carboxylic acids is 1. The molecule has 0 atom stereocenters. The highest BCUT2D eigenvalue weighted by atomic mass is 16.5. The number of para-hydroxylation sites is 1. The maximum Gasteiger partial charge on any atom is 0.257 e. The van der Waals surface area contributed by atoms with Gasteiger partial charge in [0.15, 0.2) is 17.3 Å². The lowest BCUT2D eigenvalue weighted by molar-refractivity contribution is 0.0742. The molecular formula is C24H26N4O4. The van der Waals surface area contributed by atoms with Crippen LogP contribution in [0.25, 0.3) is 11.3 Å². The van der Waals surface area contributed by atoms with Gasteiger partial charge in [0.2, 0.25) is 0 Å². The first-order valence-corrected chi connectivity index (χ1v) is 10.4. The fraction of sp³-hybridized carbons (Fsp3) is 0.292. The molecule has 2 aromatic carbocycles. The monoisotopic (exact) mass is 434 g/mol.